The van der Waals surface area contributed by atoms with Gasteiger partial charge in [0, 0.05) is 35.6 Å². The first kappa shape index (κ1) is 19.7. The van der Waals surface area contributed by atoms with Crippen molar-refractivity contribution in [1.82, 2.24) is 15.4 Å². The predicted molar refractivity (Wildman–Crippen MR) is 126 cm³/mol. The maximum atomic E-state index is 13.0. The number of hydrogen-bond donors (Lipinski definition) is 4. The van der Waals surface area contributed by atoms with Gasteiger partial charge in [0.25, 0.3) is 0 Å². The average molecular weight is 422 g/mol. The number of fused-ring (bicyclic) bond motifs is 1. The Morgan fingerprint density at radius 2 is 1.84 bits per heavy atom. The molecular weight excluding hydrogens is 400 g/mol. The van der Waals surface area contributed by atoms with Crippen molar-refractivity contribution in [2.45, 2.75) is 12.5 Å². The highest BCUT2D eigenvalue weighted by atomic mass is 16.2. The molecule has 2 aromatic heterocycles. The number of nitrogens with one attached hydrogen (secondary N) is 3. The number of aromatic nitrogens is 2. The van der Waals surface area contributed by atoms with Crippen LogP contribution in [0.1, 0.15) is 22.9 Å². The molecule has 1 unspecified atom stereocenters. The minimum absolute atomic E-state index is 0.170. The Labute approximate surface area is 185 Å². The second-order valence-corrected chi connectivity index (χ2v) is 7.70. The van der Waals surface area contributed by atoms with Crippen molar-refractivity contribution in [3.63, 3.8) is 0 Å². The molecule has 7 heteroatoms. The highest BCUT2D eigenvalue weighted by Crippen LogP contribution is 2.33. The zero-order chi connectivity index (χ0) is 21.9. The van der Waals surface area contributed by atoms with Crippen LogP contribution in [0.15, 0.2) is 85.3 Å². The molecule has 5 rings (SSSR count). The Hall–Kier alpha value is -4.23. The van der Waals surface area contributed by atoms with Crippen molar-refractivity contribution in [3.05, 3.63) is 102 Å². The van der Waals surface area contributed by atoms with Crippen molar-refractivity contribution in [2.24, 2.45) is 0 Å². The second kappa shape index (κ2) is 8.49. The van der Waals surface area contributed by atoms with E-state index in [4.69, 9.17) is 5.73 Å². The Morgan fingerprint density at radius 3 is 2.62 bits per heavy atom. The van der Waals surface area contributed by atoms with E-state index in [0.717, 1.165) is 34.5 Å². The van der Waals surface area contributed by atoms with Crippen LogP contribution in [-0.4, -0.2) is 15.9 Å². The zero-order valence-corrected chi connectivity index (χ0v) is 17.2. The third kappa shape index (κ3) is 4.14. The lowest BCUT2D eigenvalue weighted by molar-refractivity contribution is -0.118. The van der Waals surface area contributed by atoms with Gasteiger partial charge in [-0.2, -0.15) is 0 Å². The van der Waals surface area contributed by atoms with E-state index in [1.54, 1.807) is 18.6 Å². The SMILES string of the molecule is Nc1cncc(-c2ccc3c(c2)C(C(=O)Nc2ccc(Cc4ccccc4)nc2)NN3)c1. The van der Waals surface area contributed by atoms with Crippen LogP contribution in [0.5, 0.6) is 0 Å². The van der Waals surface area contributed by atoms with Gasteiger partial charge in [-0.1, -0.05) is 36.4 Å². The maximum Gasteiger partial charge on any atom is 0.248 e. The number of amides is 1. The van der Waals surface area contributed by atoms with Crippen LogP contribution in [0.2, 0.25) is 0 Å². The van der Waals surface area contributed by atoms with Crippen LogP contribution in [0, 0.1) is 0 Å². The van der Waals surface area contributed by atoms with E-state index in [1.165, 1.54) is 5.56 Å². The van der Waals surface area contributed by atoms with Crippen molar-refractivity contribution in [2.75, 3.05) is 16.5 Å². The molecule has 1 aliphatic rings. The van der Waals surface area contributed by atoms with Crippen LogP contribution in [-0.2, 0) is 11.2 Å². The molecule has 0 radical (unpaired) electrons. The van der Waals surface area contributed by atoms with Crippen molar-refractivity contribution < 1.29 is 4.79 Å². The fourth-order valence-electron chi connectivity index (χ4n) is 3.77. The summed E-state index contributed by atoms with van der Waals surface area (Å²) in [5.74, 6) is -0.170. The average Bonchev–Trinajstić information content (AvgIpc) is 3.24. The Balaban J connectivity index is 1.30. The van der Waals surface area contributed by atoms with Crippen molar-refractivity contribution in [3.8, 4) is 11.1 Å². The van der Waals surface area contributed by atoms with E-state index in [0.29, 0.717) is 11.4 Å². The fraction of sp³-hybridized carbons (Fsp3) is 0.0800. The molecule has 0 aliphatic carbocycles. The summed E-state index contributed by atoms with van der Waals surface area (Å²) in [7, 11) is 0. The van der Waals surface area contributed by atoms with Crippen LogP contribution in [0.25, 0.3) is 11.1 Å². The van der Waals surface area contributed by atoms with Crippen LogP contribution >= 0.6 is 0 Å². The van der Waals surface area contributed by atoms with Crippen molar-refractivity contribution in [1.29, 1.82) is 0 Å². The maximum absolute atomic E-state index is 13.0. The minimum atomic E-state index is -0.539. The van der Waals surface area contributed by atoms with E-state index in [1.807, 2.05) is 54.6 Å². The van der Waals surface area contributed by atoms with Gasteiger partial charge in [-0.25, -0.2) is 5.43 Å². The van der Waals surface area contributed by atoms with Gasteiger partial charge in [0.05, 0.1) is 23.3 Å². The number of anilines is 3. The lowest BCUT2D eigenvalue weighted by Gasteiger charge is -2.13. The standard InChI is InChI=1S/C25H22N6O/c26-19-11-18(13-27-14-19)17-6-9-23-22(12-17)24(31-30-23)25(32)29-21-8-7-20(28-15-21)10-16-4-2-1-3-5-16/h1-9,11-15,24,30-31H,10,26H2,(H,29,32). The summed E-state index contributed by atoms with van der Waals surface area (Å²) < 4.78 is 0. The first-order valence-corrected chi connectivity index (χ1v) is 10.3. The molecule has 0 saturated carbocycles. The smallest absolute Gasteiger partial charge is 0.248 e. The molecule has 0 spiro atoms. The summed E-state index contributed by atoms with van der Waals surface area (Å²) in [6, 6.07) is 21.2. The monoisotopic (exact) mass is 422 g/mol. The van der Waals surface area contributed by atoms with Gasteiger partial charge >= 0.3 is 0 Å². The minimum Gasteiger partial charge on any atom is -0.397 e. The van der Waals surface area contributed by atoms with E-state index >= 15 is 0 Å². The quantitative estimate of drug-likeness (QED) is 0.388. The predicted octanol–water partition coefficient (Wildman–Crippen LogP) is 3.93. The first-order chi connectivity index (χ1) is 15.7. The number of carbonyl (C=O) groups excluding carboxylic acids is 1. The number of benzene rings is 2. The van der Waals surface area contributed by atoms with Gasteiger partial charge in [-0.05, 0) is 41.5 Å². The number of hydrogen-bond acceptors (Lipinski definition) is 6. The highest BCUT2D eigenvalue weighted by molar-refractivity contribution is 5.97. The van der Waals surface area contributed by atoms with Crippen LogP contribution in [0.4, 0.5) is 17.1 Å². The molecular formula is C25H22N6O. The van der Waals surface area contributed by atoms with Gasteiger partial charge in [0.1, 0.15) is 6.04 Å². The summed E-state index contributed by atoms with van der Waals surface area (Å²) in [6.45, 7) is 0. The number of pyridine rings is 2. The summed E-state index contributed by atoms with van der Waals surface area (Å²) in [5.41, 5.74) is 18.9. The molecule has 1 atom stereocenters. The van der Waals surface area contributed by atoms with E-state index < -0.39 is 6.04 Å². The van der Waals surface area contributed by atoms with Gasteiger partial charge in [0.15, 0.2) is 0 Å². The molecule has 32 heavy (non-hydrogen) atoms. The molecule has 0 bridgehead atoms. The van der Waals surface area contributed by atoms with Crippen molar-refractivity contribution >= 4 is 23.0 Å². The number of nitrogen functional groups attached to an aromatic ring is 1. The second-order valence-electron chi connectivity index (χ2n) is 7.70. The molecule has 0 saturated heterocycles. The summed E-state index contributed by atoms with van der Waals surface area (Å²) in [5, 5.41) is 2.95. The molecule has 0 fully saturated rings. The molecule has 4 aromatic rings. The number of rotatable bonds is 5. The van der Waals surface area contributed by atoms with E-state index in [-0.39, 0.29) is 5.91 Å². The molecule has 3 heterocycles. The van der Waals surface area contributed by atoms with Gasteiger partial charge in [0.2, 0.25) is 5.91 Å². The third-order valence-electron chi connectivity index (χ3n) is 5.39. The molecule has 1 aliphatic heterocycles. The lowest BCUT2D eigenvalue weighted by Crippen LogP contribution is -2.30. The zero-order valence-electron chi connectivity index (χ0n) is 17.2. The van der Waals surface area contributed by atoms with Crippen LogP contribution < -0.4 is 21.9 Å². The summed E-state index contributed by atoms with van der Waals surface area (Å²) >= 11 is 0. The molecule has 1 amide bonds. The molecule has 158 valence electrons. The van der Waals surface area contributed by atoms with E-state index in [9.17, 15) is 4.79 Å². The third-order valence-corrected chi connectivity index (χ3v) is 5.39. The first-order valence-electron chi connectivity index (χ1n) is 10.3. The Bertz CT molecular complexity index is 1260. The topological polar surface area (TPSA) is 105 Å². The molecule has 2 aromatic carbocycles. The van der Waals surface area contributed by atoms with Gasteiger partial charge < -0.3 is 16.5 Å². The number of hydrazine groups is 1. The fourth-order valence-corrected chi connectivity index (χ4v) is 3.77. The van der Waals surface area contributed by atoms with Crippen LogP contribution in [0.3, 0.4) is 0 Å². The molecule has 7 nitrogen and oxygen atoms in total. The normalized spacial score (nSPS) is 14.4. The number of carbonyl (C=O) groups is 1. The highest BCUT2D eigenvalue weighted by Gasteiger charge is 2.28. The molecule has 5 N–H and O–H groups in total. The largest absolute Gasteiger partial charge is 0.397 e. The van der Waals surface area contributed by atoms with Gasteiger partial charge in [-0.3, -0.25) is 14.8 Å². The number of nitrogens with two attached hydrogens (primary N) is 1. The lowest BCUT2D eigenvalue weighted by atomic mass is 9.99. The Kier molecular flexibility index (Phi) is 5.23. The van der Waals surface area contributed by atoms with E-state index in [2.05, 4.69) is 38.3 Å². The summed E-state index contributed by atoms with van der Waals surface area (Å²) in [4.78, 5) is 21.6. The summed E-state index contributed by atoms with van der Waals surface area (Å²) in [6.07, 6.45) is 5.80. The Morgan fingerprint density at radius 1 is 0.969 bits per heavy atom. The number of nitrogens with zero attached hydrogens (tertiary/aromatic N) is 2. The van der Waals surface area contributed by atoms with Gasteiger partial charge in [-0.15, -0.1) is 0 Å².